The van der Waals surface area contributed by atoms with E-state index in [4.69, 9.17) is 21.1 Å². The summed E-state index contributed by atoms with van der Waals surface area (Å²) in [6.07, 6.45) is 0. The second kappa shape index (κ2) is 8.18. The van der Waals surface area contributed by atoms with E-state index in [1.807, 2.05) is 0 Å². The van der Waals surface area contributed by atoms with Crippen molar-refractivity contribution in [2.45, 2.75) is 6.92 Å². The minimum Gasteiger partial charge on any atom is -0.494 e. The topological polar surface area (TPSA) is 83.3 Å². The number of hydrogen-bond donors (Lipinski definition) is 0. The number of esters is 1. The molecule has 9 heteroatoms. The van der Waals surface area contributed by atoms with Crippen molar-refractivity contribution in [3.05, 3.63) is 70.3 Å². The van der Waals surface area contributed by atoms with Gasteiger partial charge < -0.3 is 9.47 Å². The lowest BCUT2D eigenvalue weighted by Gasteiger charge is -2.05. The Hall–Kier alpha value is -3.26. The second-order valence-corrected chi connectivity index (χ2v) is 6.19. The molecule has 0 N–H and O–H groups in total. The fraction of sp³-hybridized carbons (Fsp3) is 0.158. The molecule has 3 aromatic rings. The number of nitrogens with zero attached hydrogens (tertiary/aromatic N) is 3. The summed E-state index contributed by atoms with van der Waals surface area (Å²) in [5, 5.41) is 8.74. The van der Waals surface area contributed by atoms with Gasteiger partial charge in [0.05, 0.1) is 18.5 Å². The smallest absolute Gasteiger partial charge is 0.361 e. The summed E-state index contributed by atoms with van der Waals surface area (Å²) in [7, 11) is 1.32. The molecule has 1 heterocycles. The van der Waals surface area contributed by atoms with E-state index in [-0.39, 0.29) is 17.0 Å². The molecule has 0 aliphatic heterocycles. The van der Waals surface area contributed by atoms with Gasteiger partial charge in [0.15, 0.2) is 29.7 Å². The normalized spacial score (nSPS) is 10.6. The lowest BCUT2D eigenvalue weighted by atomic mass is 10.1. The Labute approximate surface area is 164 Å². The number of halogens is 2. The van der Waals surface area contributed by atoms with Crippen LogP contribution in [0.5, 0.6) is 5.75 Å². The molecule has 0 fully saturated rings. The maximum Gasteiger partial charge on any atom is 0.361 e. The Kier molecular flexibility index (Phi) is 5.70. The molecule has 0 unspecified atom stereocenters. The molecule has 28 heavy (non-hydrogen) atoms. The number of aryl methyl sites for hydroxylation is 1. The number of Topliss-reactive ketones (excluding diaryl/α,β-unsaturated/α-hetero) is 1. The first kappa shape index (κ1) is 19.5. The SMILES string of the molecule is COc1ccc(C(=O)COC(=O)c2nn(-c3cccc(Cl)c3)nc2C)cc1F. The van der Waals surface area contributed by atoms with Crippen LogP contribution in [0.2, 0.25) is 5.02 Å². The summed E-state index contributed by atoms with van der Waals surface area (Å²) in [5.41, 5.74) is 0.923. The molecule has 0 aliphatic rings. The van der Waals surface area contributed by atoms with E-state index in [1.54, 1.807) is 31.2 Å². The highest BCUT2D eigenvalue weighted by Gasteiger charge is 2.20. The van der Waals surface area contributed by atoms with Gasteiger partial charge in [-0.3, -0.25) is 4.79 Å². The van der Waals surface area contributed by atoms with Gasteiger partial charge in [0.2, 0.25) is 0 Å². The molecule has 0 radical (unpaired) electrons. The van der Waals surface area contributed by atoms with E-state index in [0.717, 1.165) is 6.07 Å². The van der Waals surface area contributed by atoms with E-state index in [9.17, 15) is 14.0 Å². The van der Waals surface area contributed by atoms with E-state index in [2.05, 4.69) is 10.2 Å². The van der Waals surface area contributed by atoms with Crippen molar-refractivity contribution in [2.75, 3.05) is 13.7 Å². The number of aromatic nitrogens is 3. The van der Waals surface area contributed by atoms with Gasteiger partial charge in [-0.2, -0.15) is 9.90 Å². The number of ketones is 1. The van der Waals surface area contributed by atoms with Gasteiger partial charge in [0.25, 0.3) is 0 Å². The summed E-state index contributed by atoms with van der Waals surface area (Å²) >= 11 is 5.94. The number of carbonyl (C=O) groups excluding carboxylic acids is 2. The first-order chi connectivity index (χ1) is 13.4. The Bertz CT molecular complexity index is 1050. The van der Waals surface area contributed by atoms with Crippen molar-refractivity contribution in [3.8, 4) is 11.4 Å². The van der Waals surface area contributed by atoms with Gasteiger partial charge in [-0.15, -0.1) is 5.10 Å². The predicted octanol–water partition coefficient (Wildman–Crippen LogP) is 3.42. The summed E-state index contributed by atoms with van der Waals surface area (Å²) in [5.74, 6) is -2.04. The minimum absolute atomic E-state index is 0.0156. The van der Waals surface area contributed by atoms with Gasteiger partial charge in [0, 0.05) is 10.6 Å². The molecule has 0 spiro atoms. The Morgan fingerprint density at radius 3 is 2.64 bits per heavy atom. The Morgan fingerprint density at radius 2 is 1.96 bits per heavy atom. The van der Waals surface area contributed by atoms with Crippen LogP contribution in [0, 0.1) is 12.7 Å². The first-order valence-corrected chi connectivity index (χ1v) is 8.50. The molecule has 0 saturated carbocycles. The van der Waals surface area contributed by atoms with Crippen LogP contribution < -0.4 is 4.74 Å². The van der Waals surface area contributed by atoms with Crippen LogP contribution in [0.3, 0.4) is 0 Å². The highest BCUT2D eigenvalue weighted by Crippen LogP contribution is 2.18. The second-order valence-electron chi connectivity index (χ2n) is 5.75. The van der Waals surface area contributed by atoms with Crippen LogP contribution in [-0.2, 0) is 4.74 Å². The van der Waals surface area contributed by atoms with Crippen molar-refractivity contribution >= 4 is 23.4 Å². The summed E-state index contributed by atoms with van der Waals surface area (Å²) in [6, 6.07) is 10.5. The van der Waals surface area contributed by atoms with Crippen LogP contribution in [0.1, 0.15) is 26.5 Å². The summed E-state index contributed by atoms with van der Waals surface area (Å²) in [4.78, 5) is 25.7. The van der Waals surface area contributed by atoms with Crippen LogP contribution >= 0.6 is 11.6 Å². The average molecular weight is 404 g/mol. The van der Waals surface area contributed by atoms with Gasteiger partial charge in [-0.1, -0.05) is 17.7 Å². The first-order valence-electron chi connectivity index (χ1n) is 8.13. The summed E-state index contributed by atoms with van der Waals surface area (Å²) in [6.45, 7) is 1.03. The molecular formula is C19H15ClFN3O4. The lowest BCUT2D eigenvalue weighted by molar-refractivity contribution is 0.0467. The van der Waals surface area contributed by atoms with E-state index >= 15 is 0 Å². The molecule has 0 atom stereocenters. The number of methoxy groups -OCH3 is 1. The van der Waals surface area contributed by atoms with Crippen molar-refractivity contribution in [2.24, 2.45) is 0 Å². The lowest BCUT2D eigenvalue weighted by Crippen LogP contribution is -2.15. The van der Waals surface area contributed by atoms with Crippen LogP contribution in [-0.4, -0.2) is 40.5 Å². The van der Waals surface area contributed by atoms with Gasteiger partial charge in [0.1, 0.15) is 0 Å². The number of ether oxygens (including phenoxy) is 2. The number of rotatable bonds is 6. The fourth-order valence-electron chi connectivity index (χ4n) is 2.41. The van der Waals surface area contributed by atoms with Gasteiger partial charge >= 0.3 is 5.97 Å². The molecule has 2 aromatic carbocycles. The molecule has 0 aliphatic carbocycles. The zero-order chi connectivity index (χ0) is 20.3. The van der Waals surface area contributed by atoms with Crippen molar-refractivity contribution < 1.29 is 23.5 Å². The molecular weight excluding hydrogens is 389 g/mol. The third kappa shape index (κ3) is 4.17. The van der Waals surface area contributed by atoms with Gasteiger partial charge in [-0.05, 0) is 43.3 Å². The zero-order valence-corrected chi connectivity index (χ0v) is 15.7. The molecule has 7 nitrogen and oxygen atoms in total. The standard InChI is InChI=1S/C19H15ClFN3O4/c1-11-18(23-24(22-11)14-5-3-4-13(20)9-14)19(26)28-10-16(25)12-6-7-17(27-2)15(21)8-12/h3-9H,10H2,1-2H3. The van der Waals surface area contributed by atoms with Crippen LogP contribution in [0.15, 0.2) is 42.5 Å². The zero-order valence-electron chi connectivity index (χ0n) is 15.0. The molecule has 3 rings (SSSR count). The third-order valence-electron chi connectivity index (χ3n) is 3.82. The van der Waals surface area contributed by atoms with Gasteiger partial charge in [-0.25, -0.2) is 9.18 Å². The molecule has 144 valence electrons. The molecule has 0 saturated heterocycles. The van der Waals surface area contributed by atoms with Crippen LogP contribution in [0.25, 0.3) is 5.69 Å². The quantitative estimate of drug-likeness (QED) is 0.463. The highest BCUT2D eigenvalue weighted by molar-refractivity contribution is 6.30. The summed E-state index contributed by atoms with van der Waals surface area (Å²) < 4.78 is 23.5. The average Bonchev–Trinajstić information content (AvgIpc) is 3.07. The Morgan fingerprint density at radius 1 is 1.18 bits per heavy atom. The Balaban J connectivity index is 1.70. The molecule has 0 bridgehead atoms. The number of benzene rings is 2. The van der Waals surface area contributed by atoms with Crippen LogP contribution in [0.4, 0.5) is 4.39 Å². The largest absolute Gasteiger partial charge is 0.494 e. The monoisotopic (exact) mass is 403 g/mol. The van der Waals surface area contributed by atoms with Crippen molar-refractivity contribution in [1.82, 2.24) is 15.0 Å². The van der Waals surface area contributed by atoms with E-state index in [0.29, 0.717) is 16.4 Å². The maximum atomic E-state index is 13.7. The predicted molar refractivity (Wildman–Crippen MR) is 98.7 cm³/mol. The maximum absolute atomic E-state index is 13.7. The van der Waals surface area contributed by atoms with E-state index in [1.165, 1.54) is 24.0 Å². The highest BCUT2D eigenvalue weighted by atomic mass is 35.5. The number of carbonyl (C=O) groups is 2. The third-order valence-corrected chi connectivity index (χ3v) is 4.06. The molecule has 0 amide bonds. The minimum atomic E-state index is -0.812. The number of hydrogen-bond acceptors (Lipinski definition) is 6. The van der Waals surface area contributed by atoms with E-state index < -0.39 is 24.2 Å². The molecule has 1 aromatic heterocycles. The van der Waals surface area contributed by atoms with Crippen molar-refractivity contribution in [3.63, 3.8) is 0 Å². The fourth-order valence-corrected chi connectivity index (χ4v) is 2.59. The van der Waals surface area contributed by atoms with Crippen molar-refractivity contribution in [1.29, 1.82) is 0 Å².